The second-order valence-electron chi connectivity index (χ2n) is 3.79. The van der Waals surface area contributed by atoms with Crippen LogP contribution in [-0.4, -0.2) is 6.10 Å². The van der Waals surface area contributed by atoms with Crippen LogP contribution in [0.1, 0.15) is 31.4 Å². The Labute approximate surface area is 92.6 Å². The highest BCUT2D eigenvalue weighted by Crippen LogP contribution is 2.33. The molecule has 0 spiro atoms. The van der Waals surface area contributed by atoms with E-state index in [2.05, 4.69) is 15.9 Å². The molecule has 1 fully saturated rings. The smallest absolute Gasteiger partial charge is 0.125 e. The summed E-state index contributed by atoms with van der Waals surface area (Å²) in [6.45, 7) is 1.98. The van der Waals surface area contributed by atoms with Crippen molar-refractivity contribution in [1.29, 1.82) is 0 Å². The zero-order valence-corrected chi connectivity index (χ0v) is 9.75. The minimum Gasteiger partial charge on any atom is -0.490 e. The van der Waals surface area contributed by atoms with Crippen LogP contribution in [0.15, 0.2) is 22.7 Å². The summed E-state index contributed by atoms with van der Waals surface area (Å²) >= 11 is 3.43. The number of halogens is 1. The zero-order chi connectivity index (χ0) is 10.1. The molecular weight excluding hydrogens is 242 g/mol. The van der Waals surface area contributed by atoms with Crippen molar-refractivity contribution in [3.05, 3.63) is 28.2 Å². The highest BCUT2D eigenvalue weighted by molar-refractivity contribution is 9.10. The standard InChI is InChI=1S/C11H14BrNO/c1-7(13)10-5-2-8(12)6-11(10)14-9-3-4-9/h2,5-7,9H,3-4,13H2,1H3/t7-/m1/s1. The van der Waals surface area contributed by atoms with Gasteiger partial charge in [-0.05, 0) is 31.9 Å². The minimum atomic E-state index is 0.0249. The van der Waals surface area contributed by atoms with Crippen LogP contribution in [0.3, 0.4) is 0 Å². The molecule has 0 amide bonds. The van der Waals surface area contributed by atoms with E-state index in [1.54, 1.807) is 0 Å². The van der Waals surface area contributed by atoms with Crippen LogP contribution in [0.5, 0.6) is 5.75 Å². The predicted octanol–water partition coefficient (Wildman–Crippen LogP) is 3.01. The van der Waals surface area contributed by atoms with Gasteiger partial charge < -0.3 is 10.5 Å². The van der Waals surface area contributed by atoms with Crippen LogP contribution < -0.4 is 10.5 Å². The van der Waals surface area contributed by atoms with Crippen LogP contribution in [0.25, 0.3) is 0 Å². The molecule has 1 aromatic carbocycles. The van der Waals surface area contributed by atoms with Crippen molar-refractivity contribution in [2.24, 2.45) is 5.73 Å². The molecule has 0 radical (unpaired) electrons. The van der Waals surface area contributed by atoms with Gasteiger partial charge in [0.05, 0.1) is 6.10 Å². The molecule has 2 N–H and O–H groups in total. The highest BCUT2D eigenvalue weighted by Gasteiger charge is 2.25. The van der Waals surface area contributed by atoms with Gasteiger partial charge >= 0.3 is 0 Å². The molecule has 2 rings (SSSR count). The summed E-state index contributed by atoms with van der Waals surface area (Å²) in [5, 5.41) is 0. The van der Waals surface area contributed by atoms with Crippen molar-refractivity contribution in [3.63, 3.8) is 0 Å². The SMILES string of the molecule is C[C@@H](N)c1ccc(Br)cc1OC1CC1. The molecule has 1 aliphatic carbocycles. The van der Waals surface area contributed by atoms with E-state index in [0.717, 1.165) is 15.8 Å². The summed E-state index contributed by atoms with van der Waals surface area (Å²) in [7, 11) is 0. The third kappa shape index (κ3) is 2.28. The summed E-state index contributed by atoms with van der Waals surface area (Å²) in [4.78, 5) is 0. The van der Waals surface area contributed by atoms with Crippen LogP contribution in [0.2, 0.25) is 0 Å². The van der Waals surface area contributed by atoms with Crippen LogP contribution in [-0.2, 0) is 0 Å². The van der Waals surface area contributed by atoms with Gasteiger partial charge in [-0.2, -0.15) is 0 Å². The molecule has 1 atom stereocenters. The first kappa shape index (κ1) is 9.99. The molecule has 76 valence electrons. The largest absolute Gasteiger partial charge is 0.490 e. The van der Waals surface area contributed by atoms with E-state index in [4.69, 9.17) is 10.5 Å². The molecule has 1 aliphatic rings. The molecule has 1 saturated carbocycles. The molecule has 3 heteroatoms. The van der Waals surface area contributed by atoms with Crippen molar-refractivity contribution in [1.82, 2.24) is 0 Å². The lowest BCUT2D eigenvalue weighted by molar-refractivity contribution is 0.298. The Hall–Kier alpha value is -0.540. The van der Waals surface area contributed by atoms with Gasteiger partial charge in [0, 0.05) is 16.1 Å². The van der Waals surface area contributed by atoms with Gasteiger partial charge in [-0.3, -0.25) is 0 Å². The maximum Gasteiger partial charge on any atom is 0.125 e. The van der Waals surface area contributed by atoms with Gasteiger partial charge in [-0.15, -0.1) is 0 Å². The first-order valence-electron chi connectivity index (χ1n) is 4.88. The Morgan fingerprint density at radius 3 is 2.79 bits per heavy atom. The minimum absolute atomic E-state index is 0.0249. The average Bonchev–Trinajstić information content (AvgIpc) is 2.87. The molecule has 0 saturated heterocycles. The number of ether oxygens (including phenoxy) is 1. The molecular formula is C11H14BrNO. The zero-order valence-electron chi connectivity index (χ0n) is 8.16. The maximum absolute atomic E-state index is 5.87. The summed E-state index contributed by atoms with van der Waals surface area (Å²) < 4.78 is 6.83. The van der Waals surface area contributed by atoms with Gasteiger partial charge in [-0.25, -0.2) is 0 Å². The molecule has 1 aromatic rings. The Kier molecular flexibility index (Phi) is 2.79. The fourth-order valence-electron chi connectivity index (χ4n) is 1.35. The van der Waals surface area contributed by atoms with Crippen molar-refractivity contribution >= 4 is 15.9 Å². The predicted molar refractivity (Wildman–Crippen MR) is 60.4 cm³/mol. The van der Waals surface area contributed by atoms with E-state index in [0.29, 0.717) is 6.10 Å². The van der Waals surface area contributed by atoms with Crippen molar-refractivity contribution in [3.8, 4) is 5.75 Å². The molecule has 0 aromatic heterocycles. The Bertz CT molecular complexity index is 334. The Balaban J connectivity index is 2.27. The normalized spacial score (nSPS) is 17.9. The monoisotopic (exact) mass is 255 g/mol. The fraction of sp³-hybridized carbons (Fsp3) is 0.455. The van der Waals surface area contributed by atoms with Crippen molar-refractivity contribution in [2.45, 2.75) is 31.9 Å². The van der Waals surface area contributed by atoms with E-state index in [-0.39, 0.29) is 6.04 Å². The number of nitrogens with two attached hydrogens (primary N) is 1. The highest BCUT2D eigenvalue weighted by atomic mass is 79.9. The lowest BCUT2D eigenvalue weighted by Gasteiger charge is -2.13. The maximum atomic E-state index is 5.87. The van der Waals surface area contributed by atoms with Crippen molar-refractivity contribution < 1.29 is 4.74 Å². The summed E-state index contributed by atoms with van der Waals surface area (Å²) in [5.74, 6) is 0.928. The molecule has 0 heterocycles. The quantitative estimate of drug-likeness (QED) is 0.902. The topological polar surface area (TPSA) is 35.2 Å². The Morgan fingerprint density at radius 1 is 1.50 bits per heavy atom. The number of hydrogen-bond acceptors (Lipinski definition) is 2. The second-order valence-corrected chi connectivity index (χ2v) is 4.70. The van der Waals surface area contributed by atoms with E-state index in [1.807, 2.05) is 25.1 Å². The first-order chi connectivity index (χ1) is 6.66. The lowest BCUT2D eigenvalue weighted by Crippen LogP contribution is -2.08. The van der Waals surface area contributed by atoms with Crippen LogP contribution >= 0.6 is 15.9 Å². The van der Waals surface area contributed by atoms with Gasteiger partial charge in [-0.1, -0.05) is 22.0 Å². The van der Waals surface area contributed by atoms with Gasteiger partial charge in [0.2, 0.25) is 0 Å². The number of hydrogen-bond donors (Lipinski definition) is 1. The molecule has 0 aliphatic heterocycles. The lowest BCUT2D eigenvalue weighted by atomic mass is 10.1. The van der Waals surface area contributed by atoms with Gasteiger partial charge in [0.1, 0.15) is 5.75 Å². The van der Waals surface area contributed by atoms with Gasteiger partial charge in [0.15, 0.2) is 0 Å². The van der Waals surface area contributed by atoms with Crippen molar-refractivity contribution in [2.75, 3.05) is 0 Å². The Morgan fingerprint density at radius 2 is 2.21 bits per heavy atom. The summed E-state index contributed by atoms with van der Waals surface area (Å²) in [5.41, 5.74) is 6.95. The fourth-order valence-corrected chi connectivity index (χ4v) is 1.69. The first-order valence-corrected chi connectivity index (χ1v) is 5.68. The van der Waals surface area contributed by atoms with Gasteiger partial charge in [0.25, 0.3) is 0 Å². The van der Waals surface area contributed by atoms with Crippen LogP contribution in [0.4, 0.5) is 0 Å². The summed E-state index contributed by atoms with van der Waals surface area (Å²) in [6.07, 6.45) is 2.76. The summed E-state index contributed by atoms with van der Waals surface area (Å²) in [6, 6.07) is 6.04. The second kappa shape index (κ2) is 3.91. The molecule has 0 unspecified atom stereocenters. The van der Waals surface area contributed by atoms with E-state index >= 15 is 0 Å². The molecule has 0 bridgehead atoms. The molecule has 14 heavy (non-hydrogen) atoms. The van der Waals surface area contributed by atoms with E-state index < -0.39 is 0 Å². The van der Waals surface area contributed by atoms with E-state index in [1.165, 1.54) is 12.8 Å². The average molecular weight is 256 g/mol. The number of benzene rings is 1. The van der Waals surface area contributed by atoms with Crippen LogP contribution in [0, 0.1) is 0 Å². The van der Waals surface area contributed by atoms with E-state index in [9.17, 15) is 0 Å². The third-order valence-electron chi connectivity index (χ3n) is 2.28. The molecule has 2 nitrogen and oxygen atoms in total. The third-order valence-corrected chi connectivity index (χ3v) is 2.78. The number of rotatable bonds is 3.